The van der Waals surface area contributed by atoms with E-state index in [1.54, 1.807) is 7.11 Å². The van der Waals surface area contributed by atoms with Crippen molar-refractivity contribution in [3.63, 3.8) is 0 Å². The van der Waals surface area contributed by atoms with E-state index in [9.17, 15) is 5.11 Å². The quantitative estimate of drug-likeness (QED) is 0.867. The van der Waals surface area contributed by atoms with Crippen LogP contribution in [0.5, 0.6) is 11.5 Å². The summed E-state index contributed by atoms with van der Waals surface area (Å²) >= 11 is 3.33. The molecule has 0 heterocycles. The molecule has 0 aromatic heterocycles. The minimum Gasteiger partial charge on any atom is -0.503 e. The fraction of sp³-hybridized carbons (Fsp3) is 0.250. The number of nitrogens with one attached hydrogen (secondary N) is 1. The highest BCUT2D eigenvalue weighted by Gasteiger charge is 2.10. The molecule has 0 spiro atoms. The lowest BCUT2D eigenvalue weighted by atomic mass is 10.1. The van der Waals surface area contributed by atoms with Crippen molar-refractivity contribution in [2.75, 3.05) is 7.11 Å². The first-order chi connectivity index (χ1) is 9.61. The van der Waals surface area contributed by atoms with E-state index in [1.807, 2.05) is 30.3 Å². The SMILES string of the molecule is COc1cc(CN[C@H](C)c2ccccc2)cc(Br)c1O. The van der Waals surface area contributed by atoms with Crippen molar-refractivity contribution in [1.82, 2.24) is 5.32 Å². The van der Waals surface area contributed by atoms with E-state index in [0.29, 0.717) is 16.8 Å². The number of benzene rings is 2. The van der Waals surface area contributed by atoms with Gasteiger partial charge in [0.15, 0.2) is 11.5 Å². The van der Waals surface area contributed by atoms with E-state index in [2.05, 4.69) is 40.3 Å². The highest BCUT2D eigenvalue weighted by molar-refractivity contribution is 9.10. The van der Waals surface area contributed by atoms with Crippen LogP contribution in [0.3, 0.4) is 0 Å². The van der Waals surface area contributed by atoms with Gasteiger partial charge < -0.3 is 15.2 Å². The monoisotopic (exact) mass is 335 g/mol. The van der Waals surface area contributed by atoms with E-state index in [4.69, 9.17) is 4.74 Å². The van der Waals surface area contributed by atoms with Crippen molar-refractivity contribution in [3.8, 4) is 11.5 Å². The molecule has 0 bridgehead atoms. The number of hydrogen-bond acceptors (Lipinski definition) is 3. The Morgan fingerprint density at radius 1 is 1.25 bits per heavy atom. The number of halogens is 1. The molecule has 20 heavy (non-hydrogen) atoms. The minimum atomic E-state index is 0.132. The van der Waals surface area contributed by atoms with E-state index in [0.717, 1.165) is 5.56 Å². The Labute approximate surface area is 127 Å². The van der Waals surface area contributed by atoms with Crippen molar-refractivity contribution in [1.29, 1.82) is 0 Å². The highest BCUT2D eigenvalue weighted by Crippen LogP contribution is 2.35. The summed E-state index contributed by atoms with van der Waals surface area (Å²) in [5, 5.41) is 13.2. The van der Waals surface area contributed by atoms with Gasteiger partial charge in [-0.1, -0.05) is 30.3 Å². The molecule has 106 valence electrons. The summed E-state index contributed by atoms with van der Waals surface area (Å²) in [6.45, 7) is 2.83. The van der Waals surface area contributed by atoms with Crippen LogP contribution in [-0.4, -0.2) is 12.2 Å². The van der Waals surface area contributed by atoms with Crippen LogP contribution in [-0.2, 0) is 6.54 Å². The molecule has 0 fully saturated rings. The van der Waals surface area contributed by atoms with E-state index >= 15 is 0 Å². The van der Waals surface area contributed by atoms with Gasteiger partial charge in [0.25, 0.3) is 0 Å². The molecule has 0 aliphatic carbocycles. The molecule has 0 unspecified atom stereocenters. The molecule has 0 saturated carbocycles. The van der Waals surface area contributed by atoms with Crippen molar-refractivity contribution in [2.24, 2.45) is 0 Å². The van der Waals surface area contributed by atoms with Gasteiger partial charge in [0.2, 0.25) is 0 Å². The summed E-state index contributed by atoms with van der Waals surface area (Å²) in [5.74, 6) is 0.607. The molecular weight excluding hydrogens is 318 g/mol. The van der Waals surface area contributed by atoms with Gasteiger partial charge in [0.1, 0.15) is 0 Å². The maximum atomic E-state index is 9.79. The summed E-state index contributed by atoms with van der Waals surface area (Å²) in [5.41, 5.74) is 2.30. The second-order valence-electron chi connectivity index (χ2n) is 4.64. The van der Waals surface area contributed by atoms with Gasteiger partial charge in [-0.25, -0.2) is 0 Å². The first-order valence-corrected chi connectivity index (χ1v) is 7.25. The molecule has 0 aliphatic rings. The summed E-state index contributed by atoms with van der Waals surface area (Å²) < 4.78 is 5.79. The van der Waals surface area contributed by atoms with Crippen LogP contribution in [0.1, 0.15) is 24.1 Å². The second-order valence-corrected chi connectivity index (χ2v) is 5.50. The third-order valence-corrected chi connectivity index (χ3v) is 3.82. The smallest absolute Gasteiger partial charge is 0.172 e. The molecule has 0 radical (unpaired) electrons. The zero-order chi connectivity index (χ0) is 14.5. The summed E-state index contributed by atoms with van der Waals surface area (Å²) in [6.07, 6.45) is 0. The van der Waals surface area contributed by atoms with Crippen molar-refractivity contribution >= 4 is 15.9 Å². The Morgan fingerprint density at radius 2 is 1.95 bits per heavy atom. The number of ether oxygens (including phenoxy) is 1. The zero-order valence-corrected chi connectivity index (χ0v) is 13.1. The average Bonchev–Trinajstić information content (AvgIpc) is 2.48. The number of phenols is 1. The van der Waals surface area contributed by atoms with Crippen LogP contribution >= 0.6 is 15.9 Å². The molecular formula is C16H18BrNO2. The van der Waals surface area contributed by atoms with Crippen LogP contribution in [0, 0.1) is 0 Å². The lowest BCUT2D eigenvalue weighted by Gasteiger charge is -2.15. The molecule has 2 aromatic carbocycles. The van der Waals surface area contributed by atoms with Crippen LogP contribution in [0.2, 0.25) is 0 Å². The molecule has 0 aliphatic heterocycles. The van der Waals surface area contributed by atoms with E-state index in [-0.39, 0.29) is 11.8 Å². The molecule has 2 N–H and O–H groups in total. The lowest BCUT2D eigenvalue weighted by molar-refractivity contribution is 0.371. The molecule has 3 nitrogen and oxygen atoms in total. The number of aromatic hydroxyl groups is 1. The molecule has 0 amide bonds. The minimum absolute atomic E-state index is 0.132. The van der Waals surface area contributed by atoms with Crippen molar-refractivity contribution < 1.29 is 9.84 Å². The highest BCUT2D eigenvalue weighted by atomic mass is 79.9. The number of phenolic OH excluding ortho intramolecular Hbond substituents is 1. The van der Waals surface area contributed by atoms with Crippen molar-refractivity contribution in [3.05, 3.63) is 58.1 Å². The third-order valence-electron chi connectivity index (χ3n) is 3.22. The summed E-state index contributed by atoms with van der Waals surface area (Å²) in [6, 6.07) is 14.3. The summed E-state index contributed by atoms with van der Waals surface area (Å²) in [4.78, 5) is 0. The lowest BCUT2D eigenvalue weighted by Crippen LogP contribution is -2.18. The summed E-state index contributed by atoms with van der Waals surface area (Å²) in [7, 11) is 1.55. The van der Waals surface area contributed by atoms with Crippen LogP contribution < -0.4 is 10.1 Å². The number of rotatable bonds is 5. The maximum absolute atomic E-state index is 9.79. The Bertz CT molecular complexity index is 572. The predicted molar refractivity (Wildman–Crippen MR) is 84.1 cm³/mol. The third kappa shape index (κ3) is 3.52. The molecule has 1 atom stereocenters. The van der Waals surface area contributed by atoms with Gasteiger partial charge in [-0.2, -0.15) is 0 Å². The van der Waals surface area contributed by atoms with Gasteiger partial charge in [-0.3, -0.25) is 0 Å². The normalized spacial score (nSPS) is 12.2. The first kappa shape index (κ1) is 14.9. The molecule has 4 heteroatoms. The van der Waals surface area contributed by atoms with E-state index in [1.165, 1.54) is 5.56 Å². The van der Waals surface area contributed by atoms with E-state index < -0.39 is 0 Å². The largest absolute Gasteiger partial charge is 0.503 e. The Balaban J connectivity index is 2.06. The van der Waals surface area contributed by atoms with Gasteiger partial charge >= 0.3 is 0 Å². The first-order valence-electron chi connectivity index (χ1n) is 6.45. The van der Waals surface area contributed by atoms with Gasteiger partial charge in [0, 0.05) is 12.6 Å². The van der Waals surface area contributed by atoms with Crippen LogP contribution in [0.25, 0.3) is 0 Å². The second kappa shape index (κ2) is 6.77. The standard InChI is InChI=1S/C16H18BrNO2/c1-11(13-6-4-3-5-7-13)18-10-12-8-14(17)16(19)15(9-12)20-2/h3-9,11,18-19H,10H2,1-2H3/t11-/m1/s1. The zero-order valence-electron chi connectivity index (χ0n) is 11.6. The van der Waals surface area contributed by atoms with Crippen molar-refractivity contribution in [2.45, 2.75) is 19.5 Å². The Hall–Kier alpha value is -1.52. The van der Waals surface area contributed by atoms with Gasteiger partial charge in [-0.05, 0) is 46.1 Å². The number of hydrogen-bond donors (Lipinski definition) is 2. The average molecular weight is 336 g/mol. The molecule has 0 saturated heterocycles. The predicted octanol–water partition coefficient (Wildman–Crippen LogP) is 4.01. The Morgan fingerprint density at radius 3 is 2.60 bits per heavy atom. The fourth-order valence-corrected chi connectivity index (χ4v) is 2.50. The topological polar surface area (TPSA) is 41.5 Å². The molecule has 2 rings (SSSR count). The van der Waals surface area contributed by atoms with Crippen LogP contribution in [0.15, 0.2) is 46.9 Å². The number of methoxy groups -OCH3 is 1. The van der Waals surface area contributed by atoms with Gasteiger partial charge in [0.05, 0.1) is 11.6 Å². The molecule has 2 aromatic rings. The maximum Gasteiger partial charge on any atom is 0.172 e. The Kier molecular flexibility index (Phi) is 5.04. The van der Waals surface area contributed by atoms with Crippen LogP contribution in [0.4, 0.5) is 0 Å². The van der Waals surface area contributed by atoms with Gasteiger partial charge in [-0.15, -0.1) is 0 Å². The fourth-order valence-electron chi connectivity index (χ4n) is 2.02.